The lowest BCUT2D eigenvalue weighted by Crippen LogP contribution is -1.97. The van der Waals surface area contributed by atoms with Crippen LogP contribution >= 0.6 is 24.8 Å². The summed E-state index contributed by atoms with van der Waals surface area (Å²) in [5, 5.41) is 0. The monoisotopic (exact) mass is 210 g/mol. The number of nitrogen functional groups attached to an aromatic ring is 2. The molecule has 12 heavy (non-hydrogen) atoms. The van der Waals surface area contributed by atoms with Gasteiger partial charge in [0.05, 0.1) is 18.5 Å². The van der Waals surface area contributed by atoms with Gasteiger partial charge in [0, 0.05) is 0 Å². The molecule has 0 saturated carbocycles. The highest BCUT2D eigenvalue weighted by atomic mass is 35.5. The van der Waals surface area contributed by atoms with E-state index in [9.17, 15) is 0 Å². The smallest absolute Gasteiger partial charge is 0.143 e. The fourth-order valence-corrected chi connectivity index (χ4v) is 0.739. The van der Waals surface area contributed by atoms with Crippen molar-refractivity contribution in [3.8, 4) is 5.75 Å². The van der Waals surface area contributed by atoms with E-state index < -0.39 is 0 Å². The van der Waals surface area contributed by atoms with Crippen molar-refractivity contribution in [2.45, 2.75) is 0 Å². The van der Waals surface area contributed by atoms with Crippen molar-refractivity contribution in [3.63, 3.8) is 0 Å². The van der Waals surface area contributed by atoms with Crippen molar-refractivity contribution in [3.05, 3.63) is 18.2 Å². The minimum absolute atomic E-state index is 0. The number of anilines is 2. The predicted molar refractivity (Wildman–Crippen MR) is 56.3 cm³/mol. The van der Waals surface area contributed by atoms with Gasteiger partial charge in [-0.05, 0) is 12.1 Å². The Morgan fingerprint density at radius 1 is 1.17 bits per heavy atom. The van der Waals surface area contributed by atoms with Gasteiger partial charge >= 0.3 is 0 Å². The first-order valence-corrected chi connectivity index (χ1v) is 2.93. The third kappa shape index (κ3) is 2.68. The Hall–Kier alpha value is -0.800. The summed E-state index contributed by atoms with van der Waals surface area (Å²) in [6, 6.07) is 5.30. The van der Waals surface area contributed by atoms with Crippen molar-refractivity contribution < 1.29 is 4.74 Å². The summed E-state index contributed by atoms with van der Waals surface area (Å²) in [5.74, 6) is 0.625. The zero-order valence-corrected chi connectivity index (χ0v) is 8.24. The van der Waals surface area contributed by atoms with Crippen molar-refractivity contribution in [2.24, 2.45) is 0 Å². The Bertz CT molecular complexity index is 243. The molecule has 5 heteroatoms. The molecule has 0 radical (unpaired) electrons. The summed E-state index contributed by atoms with van der Waals surface area (Å²) < 4.78 is 4.92. The highest BCUT2D eigenvalue weighted by molar-refractivity contribution is 5.85. The van der Waals surface area contributed by atoms with E-state index in [1.807, 2.05) is 0 Å². The highest BCUT2D eigenvalue weighted by Crippen LogP contribution is 2.25. The van der Waals surface area contributed by atoms with Gasteiger partial charge in [0.1, 0.15) is 5.75 Å². The molecule has 0 amide bonds. The van der Waals surface area contributed by atoms with Crippen molar-refractivity contribution in [1.29, 1.82) is 0 Å². The number of nitrogens with two attached hydrogens (primary N) is 2. The Balaban J connectivity index is 0. The maximum atomic E-state index is 5.54. The third-order valence-corrected chi connectivity index (χ3v) is 1.32. The van der Waals surface area contributed by atoms with Crippen LogP contribution < -0.4 is 16.2 Å². The molecule has 4 N–H and O–H groups in total. The first-order chi connectivity index (χ1) is 4.75. The lowest BCUT2D eigenvalue weighted by Gasteiger charge is -2.04. The average Bonchev–Trinajstić information content (AvgIpc) is 1.95. The van der Waals surface area contributed by atoms with Crippen LogP contribution in [0.15, 0.2) is 18.2 Å². The number of methoxy groups -OCH3 is 1. The fraction of sp³-hybridized carbons (Fsp3) is 0.143. The summed E-state index contributed by atoms with van der Waals surface area (Å²) in [6.45, 7) is 0. The minimum atomic E-state index is 0. The van der Waals surface area contributed by atoms with Crippen LogP contribution in [0.2, 0.25) is 0 Å². The van der Waals surface area contributed by atoms with E-state index in [1.165, 1.54) is 0 Å². The number of hydrogen-bond donors (Lipinski definition) is 2. The standard InChI is InChI=1S/C7H10N2O.2ClH/c1-10-6-4-2-3-5(8)7(6)9;;/h2-4H,8-9H2,1H3;2*1H. The number of para-hydroxylation sites is 1. The van der Waals surface area contributed by atoms with E-state index in [1.54, 1.807) is 25.3 Å². The minimum Gasteiger partial charge on any atom is -0.495 e. The second-order valence-electron chi connectivity index (χ2n) is 1.96. The summed E-state index contributed by atoms with van der Waals surface area (Å²) in [4.78, 5) is 0. The third-order valence-electron chi connectivity index (χ3n) is 1.32. The van der Waals surface area contributed by atoms with Crippen LogP contribution in [0.5, 0.6) is 5.75 Å². The molecule has 0 unspecified atom stereocenters. The van der Waals surface area contributed by atoms with Crippen molar-refractivity contribution in [2.75, 3.05) is 18.6 Å². The zero-order chi connectivity index (χ0) is 7.56. The highest BCUT2D eigenvalue weighted by Gasteiger charge is 1.99. The second kappa shape index (κ2) is 5.80. The number of ether oxygens (including phenoxy) is 1. The SMILES string of the molecule is COc1cccc(N)c1N.Cl.Cl. The largest absolute Gasteiger partial charge is 0.495 e. The van der Waals surface area contributed by atoms with Gasteiger partial charge in [-0.15, -0.1) is 24.8 Å². The summed E-state index contributed by atoms with van der Waals surface area (Å²) >= 11 is 0. The summed E-state index contributed by atoms with van der Waals surface area (Å²) in [6.07, 6.45) is 0. The molecule has 0 fully saturated rings. The number of rotatable bonds is 1. The van der Waals surface area contributed by atoms with E-state index in [0.717, 1.165) is 0 Å². The van der Waals surface area contributed by atoms with Gasteiger partial charge < -0.3 is 16.2 Å². The van der Waals surface area contributed by atoms with Crippen LogP contribution in [-0.4, -0.2) is 7.11 Å². The Kier molecular flexibility index (Phi) is 6.65. The first kappa shape index (κ1) is 13.8. The summed E-state index contributed by atoms with van der Waals surface area (Å²) in [5.41, 5.74) is 12.1. The van der Waals surface area contributed by atoms with Gasteiger partial charge in [0.2, 0.25) is 0 Å². The summed E-state index contributed by atoms with van der Waals surface area (Å²) in [7, 11) is 1.56. The molecule has 0 aliphatic rings. The molecule has 0 saturated heterocycles. The normalized spacial score (nSPS) is 7.75. The molecular formula is C7H12Cl2N2O. The molecule has 0 spiro atoms. The van der Waals surface area contributed by atoms with Gasteiger partial charge in [-0.3, -0.25) is 0 Å². The van der Waals surface area contributed by atoms with E-state index >= 15 is 0 Å². The molecular weight excluding hydrogens is 199 g/mol. The number of halogens is 2. The van der Waals surface area contributed by atoms with Crippen molar-refractivity contribution in [1.82, 2.24) is 0 Å². The maximum Gasteiger partial charge on any atom is 0.143 e. The fourth-order valence-electron chi connectivity index (χ4n) is 0.739. The Morgan fingerprint density at radius 3 is 2.17 bits per heavy atom. The van der Waals surface area contributed by atoms with Crippen LogP contribution in [-0.2, 0) is 0 Å². The molecule has 0 aromatic heterocycles. The van der Waals surface area contributed by atoms with E-state index in [0.29, 0.717) is 17.1 Å². The molecule has 1 rings (SSSR count). The quantitative estimate of drug-likeness (QED) is 0.695. The van der Waals surface area contributed by atoms with Crippen LogP contribution in [0, 0.1) is 0 Å². The zero-order valence-electron chi connectivity index (χ0n) is 6.61. The second-order valence-corrected chi connectivity index (χ2v) is 1.96. The molecule has 70 valence electrons. The number of benzene rings is 1. The number of hydrogen-bond acceptors (Lipinski definition) is 3. The Labute approximate surface area is 83.9 Å². The lowest BCUT2D eigenvalue weighted by molar-refractivity contribution is 0.417. The average molecular weight is 211 g/mol. The van der Waals surface area contributed by atoms with Crippen LogP contribution in [0.25, 0.3) is 0 Å². The van der Waals surface area contributed by atoms with Gasteiger partial charge in [0.25, 0.3) is 0 Å². The maximum absolute atomic E-state index is 5.54. The van der Waals surface area contributed by atoms with E-state index in [2.05, 4.69) is 0 Å². The van der Waals surface area contributed by atoms with Gasteiger partial charge in [-0.25, -0.2) is 0 Å². The molecule has 0 bridgehead atoms. The molecule has 3 nitrogen and oxygen atoms in total. The Morgan fingerprint density at radius 2 is 1.75 bits per heavy atom. The van der Waals surface area contributed by atoms with E-state index in [4.69, 9.17) is 16.2 Å². The van der Waals surface area contributed by atoms with E-state index in [-0.39, 0.29) is 24.8 Å². The molecule has 0 aliphatic carbocycles. The van der Waals surface area contributed by atoms with Crippen molar-refractivity contribution >= 4 is 36.2 Å². The lowest BCUT2D eigenvalue weighted by atomic mass is 10.2. The van der Waals surface area contributed by atoms with Crippen LogP contribution in [0.1, 0.15) is 0 Å². The van der Waals surface area contributed by atoms with Gasteiger partial charge in [-0.2, -0.15) is 0 Å². The van der Waals surface area contributed by atoms with Crippen LogP contribution in [0.3, 0.4) is 0 Å². The predicted octanol–water partition coefficient (Wildman–Crippen LogP) is 1.70. The molecule has 0 aliphatic heterocycles. The molecule has 0 heterocycles. The van der Waals surface area contributed by atoms with Crippen LogP contribution in [0.4, 0.5) is 11.4 Å². The van der Waals surface area contributed by atoms with Gasteiger partial charge in [0.15, 0.2) is 0 Å². The molecule has 0 atom stereocenters. The molecule has 1 aromatic rings. The topological polar surface area (TPSA) is 61.3 Å². The van der Waals surface area contributed by atoms with Gasteiger partial charge in [-0.1, -0.05) is 6.07 Å². The molecule has 1 aromatic carbocycles. The first-order valence-electron chi connectivity index (χ1n) is 2.93.